The molecule has 0 radical (unpaired) electrons. The Labute approximate surface area is 129 Å². The van der Waals surface area contributed by atoms with Crippen molar-refractivity contribution in [2.75, 3.05) is 0 Å². The van der Waals surface area contributed by atoms with E-state index in [0.29, 0.717) is 12.8 Å². The van der Waals surface area contributed by atoms with Gasteiger partial charge in [0, 0.05) is 0 Å². The summed E-state index contributed by atoms with van der Waals surface area (Å²) >= 11 is -2.67. The van der Waals surface area contributed by atoms with Crippen molar-refractivity contribution >= 4 is 9.36 Å². The first kappa shape index (κ1) is 16.2. The molecule has 0 heterocycles. The van der Waals surface area contributed by atoms with E-state index >= 15 is 0 Å². The zero-order valence-corrected chi connectivity index (χ0v) is 14.0. The standard InChI is InChI=1S/2C5H5.2C4H7O.Fe/c2*1-2-4-5-3-1;2*1-2-3-4-5;/h2*1-3H,4H2;2*2-3H2,1H3;. The first-order valence-corrected chi connectivity index (χ1v) is 9.88. The summed E-state index contributed by atoms with van der Waals surface area (Å²) in [5, 5.41) is 0. The number of carbonyl (C=O) groups excluding carboxylic acids is 2. The van der Waals surface area contributed by atoms with Gasteiger partial charge in [-0.15, -0.1) is 0 Å². The van der Waals surface area contributed by atoms with Gasteiger partial charge in [-0.3, -0.25) is 0 Å². The predicted octanol–water partition coefficient (Wildman–Crippen LogP) is 4.48. The molecule has 2 aliphatic carbocycles. The molecule has 0 aromatic rings. The zero-order chi connectivity index (χ0) is 15.3. The average molecular weight is 328 g/mol. The third kappa shape index (κ3) is 2.90. The Morgan fingerprint density at radius 3 is 1.62 bits per heavy atom. The summed E-state index contributed by atoms with van der Waals surface area (Å²) in [5.74, 6) is 0. The Balaban J connectivity index is 2.52. The summed E-state index contributed by atoms with van der Waals surface area (Å²) in [5.41, 5.74) is 0. The third-order valence-corrected chi connectivity index (χ3v) is 8.93. The molecule has 3 heteroatoms. The molecular weight excluding hydrogens is 304 g/mol. The molecule has 0 amide bonds. The van der Waals surface area contributed by atoms with Gasteiger partial charge in [0.25, 0.3) is 0 Å². The summed E-state index contributed by atoms with van der Waals surface area (Å²) in [6.07, 6.45) is 16.4. The van der Waals surface area contributed by atoms with Crippen LogP contribution < -0.4 is 0 Å². The van der Waals surface area contributed by atoms with Gasteiger partial charge in [-0.25, -0.2) is 0 Å². The molecule has 0 spiro atoms. The van der Waals surface area contributed by atoms with Gasteiger partial charge in [0.05, 0.1) is 0 Å². The monoisotopic (exact) mass is 328 g/mol. The van der Waals surface area contributed by atoms with Gasteiger partial charge in [0.1, 0.15) is 0 Å². The second kappa shape index (κ2) is 7.19. The Hall–Kier alpha value is -1.18. The van der Waals surface area contributed by atoms with E-state index in [-0.39, 0.29) is 9.36 Å². The molecule has 0 aromatic carbocycles. The fourth-order valence-electron chi connectivity index (χ4n) is 2.63. The van der Waals surface area contributed by atoms with Crippen molar-refractivity contribution < 1.29 is 22.4 Å². The molecule has 2 aliphatic rings. The molecule has 0 fully saturated rings. The van der Waals surface area contributed by atoms with E-state index < -0.39 is 12.8 Å². The SMILES string of the molecule is CCC[C](=O)[Fe]([C](=O)CCC)([C]1=CC=CC1)[C]1=CC=CC1. The van der Waals surface area contributed by atoms with Crippen LogP contribution in [0.3, 0.4) is 0 Å². The van der Waals surface area contributed by atoms with E-state index in [2.05, 4.69) is 12.2 Å². The number of hydrogen-bond acceptors (Lipinski definition) is 2. The van der Waals surface area contributed by atoms with Gasteiger partial charge in [-0.1, -0.05) is 0 Å². The molecule has 116 valence electrons. The van der Waals surface area contributed by atoms with Crippen LogP contribution in [0.1, 0.15) is 52.4 Å². The van der Waals surface area contributed by atoms with Gasteiger partial charge in [0.2, 0.25) is 0 Å². The molecule has 2 rings (SSSR count). The number of allylic oxidation sites excluding steroid dienone is 8. The van der Waals surface area contributed by atoms with Crippen molar-refractivity contribution in [2.24, 2.45) is 0 Å². The first-order valence-electron chi connectivity index (χ1n) is 7.67. The molecule has 0 aliphatic heterocycles. The normalized spacial score (nSPS) is 17.8. The molecule has 0 aromatic heterocycles. The number of carbonyl (C=O) groups is 2. The second-order valence-electron chi connectivity index (χ2n) is 5.17. The fraction of sp³-hybridized carbons (Fsp3) is 0.444. The van der Waals surface area contributed by atoms with Crippen molar-refractivity contribution in [1.82, 2.24) is 0 Å². The molecular formula is C18H24FeO2. The van der Waals surface area contributed by atoms with Crippen LogP contribution in [0.4, 0.5) is 0 Å². The molecule has 0 saturated carbocycles. The van der Waals surface area contributed by atoms with Crippen LogP contribution in [0.5, 0.6) is 0 Å². The van der Waals surface area contributed by atoms with Crippen LogP contribution in [0.15, 0.2) is 45.4 Å². The van der Waals surface area contributed by atoms with Crippen molar-refractivity contribution in [2.45, 2.75) is 52.4 Å². The van der Waals surface area contributed by atoms with Crippen LogP contribution in [-0.2, 0) is 22.4 Å². The van der Waals surface area contributed by atoms with Gasteiger partial charge in [-0.05, 0) is 0 Å². The third-order valence-electron chi connectivity index (χ3n) is 3.59. The summed E-state index contributed by atoms with van der Waals surface area (Å²) in [4.78, 5) is 26.1. The minimum absolute atomic E-state index is 0.202. The van der Waals surface area contributed by atoms with E-state index in [1.807, 2.05) is 38.2 Å². The van der Waals surface area contributed by atoms with Crippen molar-refractivity contribution in [1.29, 1.82) is 0 Å². The van der Waals surface area contributed by atoms with E-state index in [1.165, 1.54) is 0 Å². The van der Waals surface area contributed by atoms with E-state index in [9.17, 15) is 9.59 Å². The topological polar surface area (TPSA) is 34.1 Å². The van der Waals surface area contributed by atoms with E-state index in [0.717, 1.165) is 34.6 Å². The molecule has 0 saturated heterocycles. The molecule has 0 bridgehead atoms. The van der Waals surface area contributed by atoms with E-state index in [4.69, 9.17) is 0 Å². The Morgan fingerprint density at radius 2 is 1.33 bits per heavy atom. The maximum atomic E-state index is 13.1. The van der Waals surface area contributed by atoms with Crippen LogP contribution in [0.25, 0.3) is 0 Å². The van der Waals surface area contributed by atoms with Gasteiger partial charge in [0.15, 0.2) is 0 Å². The number of hydrogen-bond donors (Lipinski definition) is 0. The Morgan fingerprint density at radius 1 is 0.905 bits per heavy atom. The Kier molecular flexibility index (Phi) is 5.55. The van der Waals surface area contributed by atoms with Crippen LogP contribution in [0.2, 0.25) is 0 Å². The molecule has 2 nitrogen and oxygen atoms in total. The second-order valence-corrected chi connectivity index (χ2v) is 9.48. The Bertz CT molecular complexity index is 500. The molecule has 0 unspecified atom stereocenters. The van der Waals surface area contributed by atoms with Crippen LogP contribution in [0, 0.1) is 0 Å². The van der Waals surface area contributed by atoms with Gasteiger partial charge >= 0.3 is 130 Å². The van der Waals surface area contributed by atoms with Crippen molar-refractivity contribution in [3.63, 3.8) is 0 Å². The summed E-state index contributed by atoms with van der Waals surface area (Å²) < 4.78 is 2.59. The molecule has 0 N–H and O–H groups in total. The predicted molar refractivity (Wildman–Crippen MR) is 83.5 cm³/mol. The van der Waals surface area contributed by atoms with Gasteiger partial charge in [-0.2, -0.15) is 0 Å². The van der Waals surface area contributed by atoms with E-state index in [1.54, 1.807) is 0 Å². The summed E-state index contributed by atoms with van der Waals surface area (Å²) in [6, 6.07) is 0. The molecule has 21 heavy (non-hydrogen) atoms. The minimum atomic E-state index is -2.67. The van der Waals surface area contributed by atoms with Gasteiger partial charge < -0.3 is 0 Å². The van der Waals surface area contributed by atoms with Crippen LogP contribution in [-0.4, -0.2) is 9.36 Å². The quantitative estimate of drug-likeness (QED) is 0.616. The summed E-state index contributed by atoms with van der Waals surface area (Å²) in [6.45, 7) is 4.03. The first-order chi connectivity index (χ1) is 10.2. The maximum absolute atomic E-state index is 13.1. The zero-order valence-electron chi connectivity index (χ0n) is 12.9. The van der Waals surface area contributed by atoms with Crippen LogP contribution >= 0.6 is 0 Å². The fourth-order valence-corrected chi connectivity index (χ4v) is 8.10. The average Bonchev–Trinajstić information content (AvgIpc) is 3.13. The van der Waals surface area contributed by atoms with Crippen molar-refractivity contribution in [3.8, 4) is 0 Å². The van der Waals surface area contributed by atoms with Crippen molar-refractivity contribution in [3.05, 3.63) is 45.4 Å². The molecule has 0 atom stereocenters. The number of rotatable bonds is 8. The summed E-state index contributed by atoms with van der Waals surface area (Å²) in [7, 11) is 0.